The number of likely N-dealkylation sites (tertiary alicyclic amines) is 1. The summed E-state index contributed by atoms with van der Waals surface area (Å²) in [5, 5.41) is 2.74. The molecule has 4 nitrogen and oxygen atoms in total. The van der Waals surface area contributed by atoms with E-state index in [0.717, 1.165) is 18.8 Å². The van der Waals surface area contributed by atoms with Crippen LogP contribution in [0.15, 0.2) is 54.6 Å². The number of amides is 1. The Kier molecular flexibility index (Phi) is 7.95. The highest BCUT2D eigenvalue weighted by Gasteiger charge is 2.21. The third-order valence-electron chi connectivity index (χ3n) is 4.61. The van der Waals surface area contributed by atoms with Crippen LogP contribution in [0, 0.1) is 0 Å². The molecule has 1 unspecified atom stereocenters. The molecular formula is C21H27ClN2O2. The van der Waals surface area contributed by atoms with E-state index in [2.05, 4.69) is 23.2 Å². The number of piperidine rings is 1. The molecule has 26 heavy (non-hydrogen) atoms. The quantitative estimate of drug-likeness (QED) is 0.771. The molecule has 1 aliphatic rings. The lowest BCUT2D eigenvalue weighted by Crippen LogP contribution is -2.34. The summed E-state index contributed by atoms with van der Waals surface area (Å²) in [7, 11) is 0. The van der Waals surface area contributed by atoms with Crippen LogP contribution in [0.4, 0.5) is 10.5 Å². The van der Waals surface area contributed by atoms with Gasteiger partial charge in [0.2, 0.25) is 0 Å². The van der Waals surface area contributed by atoms with E-state index in [4.69, 9.17) is 4.74 Å². The number of hydrogen-bond acceptors (Lipinski definition) is 3. The maximum Gasteiger partial charge on any atom is 0.417 e. The van der Waals surface area contributed by atoms with Crippen LogP contribution in [0.1, 0.15) is 37.7 Å². The van der Waals surface area contributed by atoms with E-state index in [1.165, 1.54) is 31.4 Å². The third-order valence-corrected chi connectivity index (χ3v) is 4.61. The monoisotopic (exact) mass is 374 g/mol. The van der Waals surface area contributed by atoms with Gasteiger partial charge in [-0.2, -0.15) is 0 Å². The molecule has 1 saturated heterocycles. The summed E-state index contributed by atoms with van der Waals surface area (Å²) in [5.74, 6) is 1.11. The number of nitrogens with zero attached hydrogens (tertiary/aromatic N) is 1. The van der Waals surface area contributed by atoms with E-state index in [-0.39, 0.29) is 12.4 Å². The summed E-state index contributed by atoms with van der Waals surface area (Å²) < 4.78 is 5.46. The minimum atomic E-state index is -0.459. The fraction of sp³-hybridized carbons (Fsp3) is 0.381. The highest BCUT2D eigenvalue weighted by atomic mass is 35.5. The van der Waals surface area contributed by atoms with Crippen molar-refractivity contribution in [2.75, 3.05) is 25.0 Å². The summed E-state index contributed by atoms with van der Waals surface area (Å²) in [6.07, 6.45) is 3.15. The molecule has 0 aromatic heterocycles. The molecule has 1 fully saturated rings. The van der Waals surface area contributed by atoms with Gasteiger partial charge in [-0.1, -0.05) is 37.3 Å². The van der Waals surface area contributed by atoms with Gasteiger partial charge in [-0.15, -0.1) is 12.4 Å². The second kappa shape index (κ2) is 10.2. The number of carbonyl (C=O) groups excluding carboxylic acids is 1. The van der Waals surface area contributed by atoms with Crippen LogP contribution in [-0.4, -0.2) is 30.6 Å². The normalized spacial score (nSPS) is 17.2. The van der Waals surface area contributed by atoms with Crippen molar-refractivity contribution in [1.82, 2.24) is 4.90 Å². The Bertz CT molecular complexity index is 691. The molecule has 2 aromatic carbocycles. The van der Waals surface area contributed by atoms with Crippen molar-refractivity contribution in [3.05, 3.63) is 60.2 Å². The smallest absolute Gasteiger partial charge is 0.410 e. The van der Waals surface area contributed by atoms with Crippen LogP contribution in [0.5, 0.6) is 5.75 Å². The van der Waals surface area contributed by atoms with Crippen molar-refractivity contribution in [3.63, 3.8) is 0 Å². The standard InChI is InChI=1S/C21H26N2O2.ClH/c1-2-13-23-14-7-9-18(16-23)17-8-6-12-20(15-17)25-21(24)22-19-10-4-3-5-11-19;/h3-6,8,10-12,15,18H,2,7,9,13-14,16H2,1H3,(H,22,24);1H. The zero-order chi connectivity index (χ0) is 17.5. The number of halogens is 1. The highest BCUT2D eigenvalue weighted by Crippen LogP contribution is 2.29. The largest absolute Gasteiger partial charge is 0.417 e. The second-order valence-corrected chi connectivity index (χ2v) is 6.59. The number of rotatable bonds is 5. The Morgan fingerprint density at radius 2 is 2.00 bits per heavy atom. The molecular weight excluding hydrogens is 348 g/mol. The van der Waals surface area contributed by atoms with Gasteiger partial charge in [-0.05, 0) is 68.1 Å². The summed E-state index contributed by atoms with van der Waals surface area (Å²) in [6.45, 7) is 5.67. The van der Waals surface area contributed by atoms with E-state index in [0.29, 0.717) is 11.7 Å². The van der Waals surface area contributed by atoms with Crippen molar-refractivity contribution in [2.24, 2.45) is 0 Å². The van der Waals surface area contributed by atoms with E-state index in [1.54, 1.807) is 0 Å². The van der Waals surface area contributed by atoms with Crippen molar-refractivity contribution >= 4 is 24.2 Å². The fourth-order valence-electron chi connectivity index (χ4n) is 3.45. The number of carbonyl (C=O) groups is 1. The number of benzene rings is 2. The SMILES string of the molecule is CCCN1CCCC(c2cccc(OC(=O)Nc3ccccc3)c2)C1.Cl. The van der Waals surface area contributed by atoms with Crippen LogP contribution in [0.3, 0.4) is 0 Å². The molecule has 0 saturated carbocycles. The zero-order valence-electron chi connectivity index (χ0n) is 15.2. The third kappa shape index (κ3) is 5.75. The van der Waals surface area contributed by atoms with Gasteiger partial charge < -0.3 is 9.64 Å². The van der Waals surface area contributed by atoms with Gasteiger partial charge in [0.25, 0.3) is 0 Å². The molecule has 0 aliphatic carbocycles. The Morgan fingerprint density at radius 1 is 1.19 bits per heavy atom. The molecule has 3 rings (SSSR count). The number of nitrogens with one attached hydrogen (secondary N) is 1. The minimum absolute atomic E-state index is 0. The minimum Gasteiger partial charge on any atom is -0.410 e. The predicted octanol–water partition coefficient (Wildman–Crippen LogP) is 5.31. The zero-order valence-corrected chi connectivity index (χ0v) is 16.0. The maximum atomic E-state index is 12.1. The number of ether oxygens (including phenoxy) is 1. The first-order valence-corrected chi connectivity index (χ1v) is 9.11. The Labute approximate surface area is 162 Å². The Balaban J connectivity index is 0.00000243. The molecule has 0 radical (unpaired) electrons. The molecule has 1 N–H and O–H groups in total. The molecule has 140 valence electrons. The maximum absolute atomic E-state index is 12.1. The average molecular weight is 375 g/mol. The van der Waals surface area contributed by atoms with Crippen molar-refractivity contribution < 1.29 is 9.53 Å². The molecule has 2 aromatic rings. The van der Waals surface area contributed by atoms with Crippen LogP contribution in [-0.2, 0) is 0 Å². The lowest BCUT2D eigenvalue weighted by atomic mass is 9.90. The van der Waals surface area contributed by atoms with Gasteiger partial charge in [-0.3, -0.25) is 5.32 Å². The summed E-state index contributed by atoms with van der Waals surface area (Å²) in [6, 6.07) is 17.3. The topological polar surface area (TPSA) is 41.6 Å². The van der Waals surface area contributed by atoms with Gasteiger partial charge in [0.15, 0.2) is 0 Å². The summed E-state index contributed by atoms with van der Waals surface area (Å²) in [5.41, 5.74) is 1.98. The molecule has 1 aliphatic heterocycles. The van der Waals surface area contributed by atoms with Crippen molar-refractivity contribution in [2.45, 2.75) is 32.1 Å². The first kappa shape index (κ1) is 20.3. The van der Waals surface area contributed by atoms with Gasteiger partial charge >= 0.3 is 6.09 Å². The molecule has 0 bridgehead atoms. The van der Waals surface area contributed by atoms with Crippen LogP contribution < -0.4 is 10.1 Å². The Hall–Kier alpha value is -2.04. The van der Waals surface area contributed by atoms with Gasteiger partial charge in [0.1, 0.15) is 5.75 Å². The van der Waals surface area contributed by atoms with Crippen LogP contribution >= 0.6 is 12.4 Å². The summed E-state index contributed by atoms with van der Waals surface area (Å²) in [4.78, 5) is 14.6. The molecule has 1 amide bonds. The second-order valence-electron chi connectivity index (χ2n) is 6.59. The first-order valence-electron chi connectivity index (χ1n) is 9.11. The average Bonchev–Trinajstić information content (AvgIpc) is 2.63. The summed E-state index contributed by atoms with van der Waals surface area (Å²) >= 11 is 0. The van der Waals surface area contributed by atoms with Crippen LogP contribution in [0.2, 0.25) is 0 Å². The molecule has 1 heterocycles. The lowest BCUT2D eigenvalue weighted by molar-refractivity contribution is 0.207. The van der Waals surface area contributed by atoms with Gasteiger partial charge in [0, 0.05) is 12.2 Å². The number of hydrogen-bond donors (Lipinski definition) is 1. The predicted molar refractivity (Wildman–Crippen MR) is 108 cm³/mol. The van der Waals surface area contributed by atoms with Gasteiger partial charge in [-0.25, -0.2) is 4.79 Å². The fourth-order valence-corrected chi connectivity index (χ4v) is 3.45. The van der Waals surface area contributed by atoms with E-state index >= 15 is 0 Å². The van der Waals surface area contributed by atoms with E-state index in [1.807, 2.05) is 48.5 Å². The van der Waals surface area contributed by atoms with Crippen molar-refractivity contribution in [3.8, 4) is 5.75 Å². The van der Waals surface area contributed by atoms with Crippen LogP contribution in [0.25, 0.3) is 0 Å². The Morgan fingerprint density at radius 3 is 2.77 bits per heavy atom. The lowest BCUT2D eigenvalue weighted by Gasteiger charge is -2.32. The first-order chi connectivity index (χ1) is 12.2. The number of para-hydroxylation sites is 1. The number of anilines is 1. The molecule has 1 atom stereocenters. The molecule has 0 spiro atoms. The van der Waals surface area contributed by atoms with E-state index < -0.39 is 6.09 Å². The van der Waals surface area contributed by atoms with E-state index in [9.17, 15) is 4.79 Å². The molecule has 5 heteroatoms. The highest BCUT2D eigenvalue weighted by molar-refractivity contribution is 5.86. The van der Waals surface area contributed by atoms with Gasteiger partial charge in [0.05, 0.1) is 0 Å². The van der Waals surface area contributed by atoms with Crippen molar-refractivity contribution in [1.29, 1.82) is 0 Å².